The molecule has 2 saturated carbocycles. The van der Waals surface area contributed by atoms with Crippen LogP contribution in [-0.4, -0.2) is 40.9 Å². The molecule has 1 atom stereocenters. The monoisotopic (exact) mass is 417 g/mol. The summed E-state index contributed by atoms with van der Waals surface area (Å²) in [4.78, 5) is 17.1. The van der Waals surface area contributed by atoms with E-state index in [2.05, 4.69) is 40.8 Å². The molecule has 0 unspecified atom stereocenters. The third-order valence-electron chi connectivity index (χ3n) is 6.59. The van der Waals surface area contributed by atoms with Crippen LogP contribution in [-0.2, 0) is 21.2 Å². The van der Waals surface area contributed by atoms with Gasteiger partial charge in [0, 0.05) is 19.0 Å². The van der Waals surface area contributed by atoms with Crippen molar-refractivity contribution in [1.29, 1.82) is 0 Å². The van der Waals surface area contributed by atoms with Gasteiger partial charge in [0.1, 0.15) is 0 Å². The van der Waals surface area contributed by atoms with Crippen molar-refractivity contribution in [2.45, 2.75) is 76.6 Å². The van der Waals surface area contributed by atoms with Crippen LogP contribution in [0.3, 0.4) is 0 Å². The molecule has 1 amide bonds. The number of carbonyl (C=O) groups excluding carboxylic acids is 1. The highest BCUT2D eigenvalue weighted by molar-refractivity contribution is 7.92. The third kappa shape index (κ3) is 4.65. The highest BCUT2D eigenvalue weighted by Crippen LogP contribution is 2.34. The van der Waals surface area contributed by atoms with E-state index in [0.29, 0.717) is 12.5 Å². The second-order valence-electron chi connectivity index (χ2n) is 8.86. The van der Waals surface area contributed by atoms with Crippen LogP contribution in [0.4, 0.5) is 0 Å². The minimum absolute atomic E-state index is 0.0238. The molecule has 1 aromatic carbocycles. The maximum atomic E-state index is 12.5. The molecule has 2 aromatic rings. The lowest BCUT2D eigenvalue weighted by molar-refractivity contribution is -0.121. The van der Waals surface area contributed by atoms with Crippen molar-refractivity contribution in [3.63, 3.8) is 0 Å². The fourth-order valence-corrected chi connectivity index (χ4v) is 6.26. The zero-order valence-corrected chi connectivity index (χ0v) is 18.2. The highest BCUT2D eigenvalue weighted by Gasteiger charge is 2.34. The molecule has 0 radical (unpaired) electrons. The Bertz CT molecular complexity index is 1000. The van der Waals surface area contributed by atoms with Gasteiger partial charge in [-0.1, -0.05) is 12.8 Å². The van der Waals surface area contributed by atoms with E-state index in [0.717, 1.165) is 49.6 Å². The smallest absolute Gasteiger partial charge is 0.221 e. The van der Waals surface area contributed by atoms with E-state index in [-0.39, 0.29) is 29.4 Å². The van der Waals surface area contributed by atoms with Gasteiger partial charge in [0.25, 0.3) is 0 Å². The number of imidazole rings is 1. The predicted molar refractivity (Wildman–Crippen MR) is 115 cm³/mol. The van der Waals surface area contributed by atoms with Crippen molar-refractivity contribution in [2.24, 2.45) is 5.92 Å². The van der Waals surface area contributed by atoms with Crippen LogP contribution in [0.2, 0.25) is 0 Å². The molecule has 0 aliphatic heterocycles. The molecule has 158 valence electrons. The SMILES string of the molecule is Cc1cc2ncn(C[C@@H](NC(=O)CCS(=O)(=O)C3CCCC3)C3CC3)c2cc1C. The van der Waals surface area contributed by atoms with E-state index >= 15 is 0 Å². The zero-order valence-electron chi connectivity index (χ0n) is 17.4. The largest absolute Gasteiger partial charge is 0.351 e. The summed E-state index contributed by atoms with van der Waals surface area (Å²) in [7, 11) is -3.16. The first-order valence-electron chi connectivity index (χ1n) is 10.8. The van der Waals surface area contributed by atoms with Gasteiger partial charge in [-0.2, -0.15) is 0 Å². The molecule has 4 rings (SSSR count). The van der Waals surface area contributed by atoms with Crippen LogP contribution in [0.25, 0.3) is 11.0 Å². The molecule has 2 aliphatic carbocycles. The first kappa shape index (κ1) is 20.4. The number of nitrogens with one attached hydrogen (secondary N) is 1. The number of rotatable bonds is 8. The van der Waals surface area contributed by atoms with E-state index in [1.54, 1.807) is 0 Å². The number of amides is 1. The number of nitrogens with zero attached hydrogens (tertiary/aromatic N) is 2. The molecule has 1 aromatic heterocycles. The molecule has 2 aliphatic rings. The molecule has 7 heteroatoms. The Morgan fingerprint density at radius 1 is 1.17 bits per heavy atom. The van der Waals surface area contributed by atoms with E-state index in [4.69, 9.17) is 0 Å². The van der Waals surface area contributed by atoms with Gasteiger partial charge in [-0.25, -0.2) is 13.4 Å². The Morgan fingerprint density at radius 3 is 2.55 bits per heavy atom. The number of aryl methyl sites for hydroxylation is 2. The van der Waals surface area contributed by atoms with Crippen molar-refractivity contribution < 1.29 is 13.2 Å². The summed E-state index contributed by atoms with van der Waals surface area (Å²) in [6.07, 6.45) is 7.59. The van der Waals surface area contributed by atoms with Crippen molar-refractivity contribution in [3.05, 3.63) is 29.6 Å². The van der Waals surface area contributed by atoms with Crippen LogP contribution < -0.4 is 5.32 Å². The lowest BCUT2D eigenvalue weighted by atomic mass is 10.1. The van der Waals surface area contributed by atoms with Gasteiger partial charge in [-0.15, -0.1) is 0 Å². The Morgan fingerprint density at radius 2 is 1.86 bits per heavy atom. The highest BCUT2D eigenvalue weighted by atomic mass is 32.2. The molecule has 0 spiro atoms. The lowest BCUT2D eigenvalue weighted by Crippen LogP contribution is -2.40. The second-order valence-corrected chi connectivity index (χ2v) is 11.3. The van der Waals surface area contributed by atoms with Gasteiger partial charge in [0.05, 0.1) is 28.4 Å². The van der Waals surface area contributed by atoms with Gasteiger partial charge in [0.2, 0.25) is 5.91 Å². The topological polar surface area (TPSA) is 81.1 Å². The lowest BCUT2D eigenvalue weighted by Gasteiger charge is -2.20. The summed E-state index contributed by atoms with van der Waals surface area (Å²) in [5, 5.41) is 2.88. The predicted octanol–water partition coefficient (Wildman–Crippen LogP) is 3.30. The molecule has 6 nitrogen and oxygen atoms in total. The maximum Gasteiger partial charge on any atom is 0.221 e. The standard InChI is InChI=1S/C22H31N3O3S/c1-15-11-19-21(12-16(15)2)25(14-23-19)13-20(17-7-8-17)24-22(26)9-10-29(27,28)18-5-3-4-6-18/h11-12,14,17-18,20H,3-10,13H2,1-2H3,(H,24,26)/t20-/m1/s1. The minimum Gasteiger partial charge on any atom is -0.351 e. The van der Waals surface area contributed by atoms with E-state index in [9.17, 15) is 13.2 Å². The van der Waals surface area contributed by atoms with Crippen molar-refractivity contribution in [3.8, 4) is 0 Å². The average Bonchev–Trinajstić information content (AvgIpc) is 3.23. The maximum absolute atomic E-state index is 12.5. The zero-order chi connectivity index (χ0) is 20.6. The van der Waals surface area contributed by atoms with Crippen LogP contribution in [0.15, 0.2) is 18.5 Å². The van der Waals surface area contributed by atoms with E-state index in [1.807, 2.05) is 6.33 Å². The van der Waals surface area contributed by atoms with Crippen LogP contribution in [0.1, 0.15) is 56.1 Å². The fourth-order valence-electron chi connectivity index (χ4n) is 4.41. The summed E-state index contributed by atoms with van der Waals surface area (Å²) in [5.41, 5.74) is 4.50. The second kappa shape index (κ2) is 8.09. The molecular formula is C22H31N3O3S. The van der Waals surface area contributed by atoms with Gasteiger partial charge in [0.15, 0.2) is 9.84 Å². The summed E-state index contributed by atoms with van der Waals surface area (Å²) in [5.74, 6) is 0.280. The normalized spacial score (nSPS) is 19.0. The van der Waals surface area contributed by atoms with Gasteiger partial charge in [-0.05, 0) is 68.7 Å². The summed E-state index contributed by atoms with van der Waals surface area (Å²) in [6.45, 7) is 4.85. The van der Waals surface area contributed by atoms with Gasteiger partial charge >= 0.3 is 0 Å². The quantitative estimate of drug-likeness (QED) is 0.715. The van der Waals surface area contributed by atoms with Crippen LogP contribution in [0, 0.1) is 19.8 Å². The first-order valence-corrected chi connectivity index (χ1v) is 12.5. The van der Waals surface area contributed by atoms with Crippen molar-refractivity contribution >= 4 is 26.8 Å². The number of aromatic nitrogens is 2. The van der Waals surface area contributed by atoms with Crippen molar-refractivity contribution in [2.75, 3.05) is 5.75 Å². The summed E-state index contributed by atoms with van der Waals surface area (Å²) in [6, 6.07) is 4.27. The molecular weight excluding hydrogens is 386 g/mol. The van der Waals surface area contributed by atoms with E-state index in [1.165, 1.54) is 11.1 Å². The molecule has 29 heavy (non-hydrogen) atoms. The minimum atomic E-state index is -3.16. The Labute approximate surface area is 173 Å². The first-order chi connectivity index (χ1) is 13.8. The Balaban J connectivity index is 1.40. The molecule has 1 heterocycles. The molecule has 0 saturated heterocycles. The number of benzene rings is 1. The number of hydrogen-bond acceptors (Lipinski definition) is 4. The average molecular weight is 418 g/mol. The number of carbonyl (C=O) groups is 1. The van der Waals surface area contributed by atoms with Crippen molar-refractivity contribution in [1.82, 2.24) is 14.9 Å². The summed E-state index contributed by atoms with van der Waals surface area (Å²) < 4.78 is 27.0. The molecule has 2 fully saturated rings. The van der Waals surface area contributed by atoms with Crippen LogP contribution in [0.5, 0.6) is 0 Å². The number of fused-ring (bicyclic) bond motifs is 1. The Hall–Kier alpha value is -1.89. The third-order valence-corrected chi connectivity index (χ3v) is 8.85. The van der Waals surface area contributed by atoms with Gasteiger partial charge < -0.3 is 9.88 Å². The number of hydrogen-bond donors (Lipinski definition) is 1. The van der Waals surface area contributed by atoms with Crippen LogP contribution >= 0.6 is 0 Å². The Kier molecular flexibility index (Phi) is 5.69. The number of sulfone groups is 1. The summed E-state index contributed by atoms with van der Waals surface area (Å²) >= 11 is 0. The van der Waals surface area contributed by atoms with E-state index < -0.39 is 9.84 Å². The molecule has 0 bridgehead atoms. The molecule has 1 N–H and O–H groups in total. The fraction of sp³-hybridized carbons (Fsp3) is 0.636. The van der Waals surface area contributed by atoms with Gasteiger partial charge in [-0.3, -0.25) is 4.79 Å².